The van der Waals surface area contributed by atoms with Gasteiger partial charge in [-0.15, -0.1) is 0 Å². The molecule has 4 nitrogen and oxygen atoms in total. The van der Waals surface area contributed by atoms with E-state index in [2.05, 4.69) is 10.1 Å². The topological polar surface area (TPSA) is 64.9 Å². The third-order valence-corrected chi connectivity index (χ3v) is 3.14. The molecule has 2 N–H and O–H groups in total. The van der Waals surface area contributed by atoms with E-state index >= 15 is 0 Å². The first-order valence-electron chi connectivity index (χ1n) is 6.10. The second-order valence-corrected chi connectivity index (χ2v) is 4.77. The van der Waals surface area contributed by atoms with Crippen LogP contribution in [-0.4, -0.2) is 16.2 Å². The Morgan fingerprint density at radius 1 is 1.47 bits per heavy atom. The Bertz CT molecular complexity index is 559. The summed E-state index contributed by atoms with van der Waals surface area (Å²) in [4.78, 5) is 4.20. The van der Waals surface area contributed by atoms with Crippen LogP contribution in [0.15, 0.2) is 22.7 Å². The van der Waals surface area contributed by atoms with E-state index in [1.54, 1.807) is 12.1 Å². The lowest BCUT2D eigenvalue weighted by Crippen LogP contribution is -2.21. The van der Waals surface area contributed by atoms with Crippen molar-refractivity contribution in [3.8, 4) is 0 Å². The molecule has 19 heavy (non-hydrogen) atoms. The van der Waals surface area contributed by atoms with Crippen LogP contribution in [0.3, 0.4) is 0 Å². The maximum absolute atomic E-state index is 13.7. The summed E-state index contributed by atoms with van der Waals surface area (Å²) < 4.78 is 18.8. The van der Waals surface area contributed by atoms with Gasteiger partial charge in [0.05, 0.1) is 5.02 Å². The Morgan fingerprint density at radius 2 is 2.26 bits per heavy atom. The zero-order valence-corrected chi connectivity index (χ0v) is 11.3. The normalized spacial score (nSPS) is 12.6. The fraction of sp³-hybridized carbons (Fsp3) is 0.385. The molecule has 2 rings (SSSR count). The van der Waals surface area contributed by atoms with Gasteiger partial charge in [0, 0.05) is 18.9 Å². The molecule has 0 aliphatic heterocycles. The van der Waals surface area contributed by atoms with E-state index in [9.17, 15) is 4.39 Å². The summed E-state index contributed by atoms with van der Waals surface area (Å²) in [5.74, 6) is 0.465. The van der Waals surface area contributed by atoms with Crippen LogP contribution in [0.1, 0.15) is 30.6 Å². The molecule has 1 atom stereocenters. The van der Waals surface area contributed by atoms with Crippen molar-refractivity contribution in [2.24, 2.45) is 5.73 Å². The van der Waals surface area contributed by atoms with Crippen LogP contribution in [0.5, 0.6) is 0 Å². The Kier molecular flexibility index (Phi) is 4.50. The predicted octanol–water partition coefficient (Wildman–Crippen LogP) is 2.73. The largest absolute Gasteiger partial charge is 0.339 e. The van der Waals surface area contributed by atoms with Crippen LogP contribution in [0.2, 0.25) is 5.02 Å². The molecule has 0 spiro atoms. The molecule has 6 heteroatoms. The molecule has 2 aromatic rings. The molecule has 1 heterocycles. The number of nitrogens with two attached hydrogens (primary N) is 1. The highest BCUT2D eigenvalue weighted by molar-refractivity contribution is 6.30. The minimum absolute atomic E-state index is 0.00351. The highest BCUT2D eigenvalue weighted by Gasteiger charge is 2.13. The fourth-order valence-electron chi connectivity index (χ4n) is 1.67. The van der Waals surface area contributed by atoms with Gasteiger partial charge in [-0.3, -0.25) is 0 Å². The molecule has 0 radical (unpaired) electrons. The Hall–Kier alpha value is -1.46. The first kappa shape index (κ1) is 14.0. The van der Waals surface area contributed by atoms with Crippen molar-refractivity contribution < 1.29 is 8.91 Å². The van der Waals surface area contributed by atoms with Crippen LogP contribution in [0.4, 0.5) is 4.39 Å². The van der Waals surface area contributed by atoms with Crippen molar-refractivity contribution in [1.29, 1.82) is 0 Å². The van der Waals surface area contributed by atoms with Gasteiger partial charge in [-0.2, -0.15) is 4.98 Å². The highest BCUT2D eigenvalue weighted by Crippen LogP contribution is 2.19. The smallest absolute Gasteiger partial charge is 0.228 e. The lowest BCUT2D eigenvalue weighted by molar-refractivity contribution is 0.363. The molecular formula is C13H15ClFN3O. The van der Waals surface area contributed by atoms with E-state index < -0.39 is 5.82 Å². The van der Waals surface area contributed by atoms with Gasteiger partial charge in [0.15, 0.2) is 5.82 Å². The minimum atomic E-state index is -0.444. The Balaban J connectivity index is 2.09. The zero-order chi connectivity index (χ0) is 13.8. The lowest BCUT2D eigenvalue weighted by Gasteiger charge is -2.02. The van der Waals surface area contributed by atoms with E-state index in [1.807, 2.05) is 6.92 Å². The summed E-state index contributed by atoms with van der Waals surface area (Å²) in [6.45, 7) is 1.99. The number of halogens is 2. The second-order valence-electron chi connectivity index (χ2n) is 4.37. The average Bonchev–Trinajstić information content (AvgIpc) is 2.82. The molecular weight excluding hydrogens is 269 g/mol. The molecule has 0 saturated carbocycles. The zero-order valence-electron chi connectivity index (χ0n) is 10.6. The molecule has 0 saturated heterocycles. The number of nitrogens with zero attached hydrogens (tertiary/aromatic N) is 2. The number of benzene rings is 1. The van der Waals surface area contributed by atoms with Gasteiger partial charge in [0.2, 0.25) is 5.89 Å². The third-order valence-electron chi connectivity index (χ3n) is 2.85. The first-order chi connectivity index (χ1) is 9.10. The van der Waals surface area contributed by atoms with Crippen molar-refractivity contribution >= 4 is 11.6 Å². The molecule has 0 bridgehead atoms. The molecule has 0 aliphatic carbocycles. The highest BCUT2D eigenvalue weighted by atomic mass is 35.5. The molecule has 1 aromatic carbocycles. The summed E-state index contributed by atoms with van der Waals surface area (Å²) in [7, 11) is 0. The summed E-state index contributed by atoms with van der Waals surface area (Å²) in [5.41, 5.74) is 6.25. The minimum Gasteiger partial charge on any atom is -0.339 e. The Labute approximate surface area is 115 Å². The molecule has 102 valence electrons. The van der Waals surface area contributed by atoms with Gasteiger partial charge in [-0.1, -0.05) is 35.8 Å². The maximum atomic E-state index is 13.7. The van der Waals surface area contributed by atoms with E-state index in [0.717, 1.165) is 6.42 Å². The summed E-state index contributed by atoms with van der Waals surface area (Å²) in [6.07, 6.45) is 1.61. The van der Waals surface area contributed by atoms with Crippen LogP contribution in [0, 0.1) is 5.82 Å². The van der Waals surface area contributed by atoms with E-state index in [0.29, 0.717) is 23.7 Å². The average molecular weight is 284 g/mol. The van der Waals surface area contributed by atoms with Crippen molar-refractivity contribution in [3.05, 3.63) is 46.3 Å². The van der Waals surface area contributed by atoms with Gasteiger partial charge in [0.1, 0.15) is 5.82 Å². The van der Waals surface area contributed by atoms with Crippen molar-refractivity contribution in [1.82, 2.24) is 10.1 Å². The molecule has 0 aliphatic rings. The van der Waals surface area contributed by atoms with Crippen LogP contribution >= 0.6 is 11.6 Å². The van der Waals surface area contributed by atoms with Crippen molar-refractivity contribution in [2.75, 3.05) is 0 Å². The van der Waals surface area contributed by atoms with Gasteiger partial charge in [-0.25, -0.2) is 4.39 Å². The molecule has 1 unspecified atom stereocenters. The van der Waals surface area contributed by atoms with E-state index in [4.69, 9.17) is 21.9 Å². The SMILES string of the molecule is CCC(N)Cc1nc(Cc2cccc(Cl)c2F)no1. The third kappa shape index (κ3) is 3.52. The second kappa shape index (κ2) is 6.12. The quantitative estimate of drug-likeness (QED) is 0.916. The van der Waals surface area contributed by atoms with Crippen LogP contribution in [-0.2, 0) is 12.8 Å². The molecule has 0 fully saturated rings. The maximum Gasteiger partial charge on any atom is 0.228 e. The van der Waals surface area contributed by atoms with Crippen LogP contribution < -0.4 is 5.73 Å². The standard InChI is InChI=1S/C13H15ClFN3O/c1-2-9(16)7-12-17-11(18-19-12)6-8-4-3-5-10(14)13(8)15/h3-5,9H,2,6-7,16H2,1H3. The van der Waals surface area contributed by atoms with E-state index in [1.165, 1.54) is 6.07 Å². The lowest BCUT2D eigenvalue weighted by atomic mass is 10.1. The van der Waals surface area contributed by atoms with Gasteiger partial charge in [-0.05, 0) is 18.1 Å². The number of hydrogen-bond acceptors (Lipinski definition) is 4. The van der Waals surface area contributed by atoms with E-state index in [-0.39, 0.29) is 17.5 Å². The summed E-state index contributed by atoms with van der Waals surface area (Å²) in [6, 6.07) is 4.84. The monoisotopic (exact) mass is 283 g/mol. The summed E-state index contributed by atoms with van der Waals surface area (Å²) >= 11 is 5.72. The Morgan fingerprint density at radius 3 is 3.00 bits per heavy atom. The number of aromatic nitrogens is 2. The van der Waals surface area contributed by atoms with Gasteiger partial charge < -0.3 is 10.3 Å². The van der Waals surface area contributed by atoms with Crippen molar-refractivity contribution in [2.45, 2.75) is 32.2 Å². The summed E-state index contributed by atoms with van der Waals surface area (Å²) in [5, 5.41) is 3.91. The first-order valence-corrected chi connectivity index (χ1v) is 6.48. The molecule has 0 amide bonds. The fourth-order valence-corrected chi connectivity index (χ4v) is 1.86. The van der Waals surface area contributed by atoms with Crippen molar-refractivity contribution in [3.63, 3.8) is 0 Å². The molecule has 1 aromatic heterocycles. The van der Waals surface area contributed by atoms with Gasteiger partial charge in [0.25, 0.3) is 0 Å². The number of hydrogen-bond donors (Lipinski definition) is 1. The number of rotatable bonds is 5. The van der Waals surface area contributed by atoms with Gasteiger partial charge >= 0.3 is 0 Å². The predicted molar refractivity (Wildman–Crippen MR) is 70.5 cm³/mol. The van der Waals surface area contributed by atoms with Crippen LogP contribution in [0.25, 0.3) is 0 Å².